The Morgan fingerprint density at radius 1 is 1.15 bits per heavy atom. The van der Waals surface area contributed by atoms with E-state index in [0.29, 0.717) is 31.8 Å². The van der Waals surface area contributed by atoms with Crippen LogP contribution < -0.4 is 21.7 Å². The molecular formula is C29H59N5O5. The van der Waals surface area contributed by atoms with Crippen LogP contribution in [0.1, 0.15) is 100 Å². The molecule has 0 aromatic rings. The minimum Gasteiger partial charge on any atom is -0.444 e. The molecule has 10 nitrogen and oxygen atoms in total. The molecule has 230 valence electrons. The van der Waals surface area contributed by atoms with Gasteiger partial charge in [0.05, 0.1) is 0 Å². The molecule has 2 rings (SSSR count). The first-order valence-electron chi connectivity index (χ1n) is 14.5. The van der Waals surface area contributed by atoms with Gasteiger partial charge in [-0.15, -0.1) is 0 Å². The molecule has 4 amide bonds. The van der Waals surface area contributed by atoms with Crippen molar-refractivity contribution in [2.24, 2.45) is 11.7 Å². The Labute approximate surface area is 238 Å². The highest BCUT2D eigenvalue weighted by Crippen LogP contribution is 2.19. The Balaban J connectivity index is -0.000000675. The summed E-state index contributed by atoms with van der Waals surface area (Å²) in [5.74, 6) is 0.445. The van der Waals surface area contributed by atoms with Crippen LogP contribution in [0.15, 0.2) is 12.2 Å². The molecule has 0 bridgehead atoms. The largest absolute Gasteiger partial charge is 0.444 e. The third kappa shape index (κ3) is 21.9. The molecule has 2 aliphatic heterocycles. The quantitative estimate of drug-likeness (QED) is 0.274. The zero-order valence-corrected chi connectivity index (χ0v) is 26.4. The van der Waals surface area contributed by atoms with Gasteiger partial charge in [0.2, 0.25) is 17.7 Å². The first-order chi connectivity index (χ1) is 18.5. The highest BCUT2D eigenvalue weighted by Gasteiger charge is 2.33. The molecule has 0 aromatic heterocycles. The molecule has 2 fully saturated rings. The third-order valence-electron chi connectivity index (χ3n) is 5.01. The summed E-state index contributed by atoms with van der Waals surface area (Å²) in [6.07, 6.45) is 9.30. The zero-order chi connectivity index (χ0) is 30.9. The highest BCUT2D eigenvalue weighted by atomic mass is 16.6. The van der Waals surface area contributed by atoms with Crippen LogP contribution in [0.25, 0.3) is 0 Å². The standard InChI is InChI=1S/C17H27N3O3.C6H13NO2.C3H8.C2H6.CH5N/c1-2-18-17(23)14-8-6-10-20(14)16(22)9-5-3-4-7-13-11-15(21)19-12-13;1-6(2,3)9-5(8)7-4;1-3-2;2*1-2/h4,7,13-14H,2-3,5-6,8-12H2,1H3,(H,18,23)(H,19,21);1-4H3,(H,7,8);3H2,1-2H3;1-2H3;2H2,1H3/b7-4+;;;;/t13-,14?;;;;/m1..../s1. The number of allylic oxidation sites excluding steroid dienone is 1. The summed E-state index contributed by atoms with van der Waals surface area (Å²) in [7, 11) is 3.04. The summed E-state index contributed by atoms with van der Waals surface area (Å²) < 4.78 is 4.84. The van der Waals surface area contributed by atoms with E-state index in [1.807, 2.05) is 41.5 Å². The molecule has 2 atom stereocenters. The van der Waals surface area contributed by atoms with E-state index in [1.165, 1.54) is 20.5 Å². The maximum atomic E-state index is 12.3. The molecule has 0 spiro atoms. The normalized spacial score (nSPS) is 17.5. The fraction of sp³-hybridized carbons (Fsp3) is 0.793. The van der Waals surface area contributed by atoms with Gasteiger partial charge in [0.25, 0.3) is 0 Å². The van der Waals surface area contributed by atoms with E-state index < -0.39 is 0 Å². The number of nitrogens with zero attached hydrogens (tertiary/aromatic N) is 1. The Hall–Kier alpha value is -2.62. The number of rotatable bonds is 7. The van der Waals surface area contributed by atoms with Crippen molar-refractivity contribution in [1.29, 1.82) is 0 Å². The first-order valence-corrected chi connectivity index (χ1v) is 14.5. The highest BCUT2D eigenvalue weighted by molar-refractivity contribution is 5.88. The summed E-state index contributed by atoms with van der Waals surface area (Å²) in [6, 6.07) is -0.284. The lowest BCUT2D eigenvalue weighted by molar-refractivity contribution is -0.138. The molecule has 0 aliphatic carbocycles. The van der Waals surface area contributed by atoms with E-state index >= 15 is 0 Å². The number of hydrogen-bond acceptors (Lipinski definition) is 6. The molecule has 0 radical (unpaired) electrons. The Bertz CT molecular complexity index is 692. The maximum Gasteiger partial charge on any atom is 0.407 e. The van der Waals surface area contributed by atoms with Gasteiger partial charge in [0, 0.05) is 45.4 Å². The molecule has 5 N–H and O–H groups in total. The van der Waals surface area contributed by atoms with E-state index in [-0.39, 0.29) is 35.5 Å². The lowest BCUT2D eigenvalue weighted by atomic mass is 10.1. The number of nitrogens with two attached hydrogens (primary N) is 1. The average molecular weight is 558 g/mol. The lowest BCUT2D eigenvalue weighted by Gasteiger charge is -2.23. The number of hydrogen-bond donors (Lipinski definition) is 4. The van der Waals surface area contributed by atoms with Crippen molar-refractivity contribution >= 4 is 23.8 Å². The SMILES string of the molecule is CC.CCC.CCNC(=O)C1CCCN1C(=O)CCC/C=C/[C@H]1CNC(=O)C1.CN.CNC(=O)OC(C)(C)C. The smallest absolute Gasteiger partial charge is 0.407 e. The summed E-state index contributed by atoms with van der Waals surface area (Å²) in [4.78, 5) is 47.6. The minimum absolute atomic E-state index is 0.0309. The Kier molecular flexibility index (Phi) is 26.9. The van der Waals surface area contributed by atoms with E-state index in [2.05, 4.69) is 47.7 Å². The van der Waals surface area contributed by atoms with Crippen LogP contribution in [0, 0.1) is 5.92 Å². The molecule has 0 saturated carbocycles. The number of unbranched alkanes of at least 4 members (excludes halogenated alkanes) is 1. The van der Waals surface area contributed by atoms with Gasteiger partial charge in [0.15, 0.2) is 0 Å². The summed E-state index contributed by atoms with van der Waals surface area (Å²) >= 11 is 0. The Morgan fingerprint density at radius 3 is 2.18 bits per heavy atom. The third-order valence-corrected chi connectivity index (χ3v) is 5.01. The van der Waals surface area contributed by atoms with Crippen molar-refractivity contribution in [1.82, 2.24) is 20.9 Å². The monoisotopic (exact) mass is 557 g/mol. The molecule has 10 heteroatoms. The van der Waals surface area contributed by atoms with Crippen LogP contribution >= 0.6 is 0 Å². The number of likely N-dealkylation sites (N-methyl/N-ethyl adjacent to an activating group) is 1. The average Bonchev–Trinajstić information content (AvgIpc) is 3.55. The number of carbonyl (C=O) groups is 4. The molecule has 2 heterocycles. The predicted octanol–water partition coefficient (Wildman–Crippen LogP) is 4.13. The van der Waals surface area contributed by atoms with Crippen LogP contribution in [-0.4, -0.2) is 74.1 Å². The molecule has 1 unspecified atom stereocenters. The fourth-order valence-corrected chi connectivity index (χ4v) is 3.53. The second kappa shape index (κ2) is 25.6. The second-order valence-corrected chi connectivity index (χ2v) is 9.69. The van der Waals surface area contributed by atoms with Gasteiger partial charge in [0.1, 0.15) is 11.6 Å². The lowest BCUT2D eigenvalue weighted by Crippen LogP contribution is -2.45. The van der Waals surface area contributed by atoms with Crippen LogP contribution in [0.5, 0.6) is 0 Å². The summed E-state index contributed by atoms with van der Waals surface area (Å²) in [5.41, 5.74) is 4.11. The van der Waals surface area contributed by atoms with Crippen molar-refractivity contribution < 1.29 is 23.9 Å². The van der Waals surface area contributed by atoms with Gasteiger partial charge >= 0.3 is 6.09 Å². The van der Waals surface area contributed by atoms with E-state index in [0.717, 1.165) is 32.2 Å². The predicted molar refractivity (Wildman–Crippen MR) is 160 cm³/mol. The van der Waals surface area contributed by atoms with Gasteiger partial charge in [-0.1, -0.05) is 46.3 Å². The summed E-state index contributed by atoms with van der Waals surface area (Å²) in [5, 5.41) is 7.97. The van der Waals surface area contributed by atoms with Gasteiger partial charge in [-0.3, -0.25) is 14.4 Å². The molecule has 39 heavy (non-hydrogen) atoms. The van der Waals surface area contributed by atoms with E-state index in [1.54, 1.807) is 4.90 Å². The summed E-state index contributed by atoms with van der Waals surface area (Å²) in [6.45, 7) is 17.6. The maximum absolute atomic E-state index is 12.3. The number of nitrogens with one attached hydrogen (secondary N) is 3. The van der Waals surface area contributed by atoms with Crippen LogP contribution in [0.3, 0.4) is 0 Å². The van der Waals surface area contributed by atoms with E-state index in [9.17, 15) is 19.2 Å². The molecule has 2 aliphatic rings. The number of ether oxygens (including phenoxy) is 1. The van der Waals surface area contributed by atoms with Crippen molar-refractivity contribution in [2.75, 3.05) is 33.7 Å². The Morgan fingerprint density at radius 2 is 1.74 bits per heavy atom. The van der Waals surface area contributed by atoms with Gasteiger partial charge in [-0.2, -0.15) is 0 Å². The topological polar surface area (TPSA) is 143 Å². The number of likely N-dealkylation sites (tertiary alicyclic amines) is 1. The van der Waals surface area contributed by atoms with E-state index in [4.69, 9.17) is 4.74 Å². The second-order valence-electron chi connectivity index (χ2n) is 9.69. The van der Waals surface area contributed by atoms with Gasteiger partial charge in [-0.05, 0) is 60.4 Å². The molecule has 0 aromatic carbocycles. The molecule has 2 saturated heterocycles. The molecular weight excluding hydrogens is 498 g/mol. The van der Waals surface area contributed by atoms with Gasteiger partial charge in [-0.25, -0.2) is 4.79 Å². The van der Waals surface area contributed by atoms with Crippen LogP contribution in [-0.2, 0) is 19.1 Å². The first kappa shape index (κ1) is 40.9. The minimum atomic E-state index is -0.389. The van der Waals surface area contributed by atoms with Crippen LogP contribution in [0.4, 0.5) is 4.79 Å². The number of amides is 4. The zero-order valence-electron chi connectivity index (χ0n) is 26.4. The van der Waals surface area contributed by atoms with Crippen LogP contribution in [0.2, 0.25) is 0 Å². The van der Waals surface area contributed by atoms with Crippen molar-refractivity contribution in [2.45, 2.75) is 112 Å². The number of alkyl carbamates (subject to hydrolysis) is 1. The van der Waals surface area contributed by atoms with Crippen molar-refractivity contribution in [3.05, 3.63) is 12.2 Å². The van der Waals surface area contributed by atoms with Crippen molar-refractivity contribution in [3.8, 4) is 0 Å². The van der Waals surface area contributed by atoms with Gasteiger partial charge < -0.3 is 31.3 Å². The number of carbonyl (C=O) groups excluding carboxylic acids is 4. The fourth-order valence-electron chi connectivity index (χ4n) is 3.53. The van der Waals surface area contributed by atoms with Crippen molar-refractivity contribution in [3.63, 3.8) is 0 Å².